The molecule has 2 aliphatic heterocycles. The van der Waals surface area contributed by atoms with Crippen LogP contribution in [0.1, 0.15) is 17.4 Å². The highest BCUT2D eigenvalue weighted by Gasteiger charge is 2.46. The molecule has 0 unspecified atom stereocenters. The molecule has 1 N–H and O–H groups in total. The Morgan fingerprint density at radius 3 is 2.61 bits per heavy atom. The van der Waals surface area contributed by atoms with Crippen LogP contribution in [0.2, 0.25) is 5.28 Å². The summed E-state index contributed by atoms with van der Waals surface area (Å²) in [5.74, 6) is 0.541. The minimum atomic E-state index is -1.77. The van der Waals surface area contributed by atoms with Gasteiger partial charge in [-0.2, -0.15) is 9.97 Å². The van der Waals surface area contributed by atoms with Gasteiger partial charge in [0.05, 0.1) is 6.33 Å². The van der Waals surface area contributed by atoms with Crippen molar-refractivity contribution in [3.8, 4) is 0 Å². The second-order valence-electron chi connectivity index (χ2n) is 6.93. The Kier molecular flexibility index (Phi) is 4.20. The average molecular weight is 405 g/mol. The van der Waals surface area contributed by atoms with Crippen molar-refractivity contribution in [1.29, 1.82) is 0 Å². The second-order valence-corrected chi connectivity index (χ2v) is 7.27. The number of rotatable bonds is 3. The Hall–Kier alpha value is -2.33. The smallest absolute Gasteiger partial charge is 0.226 e. The molecule has 2 aliphatic rings. The van der Waals surface area contributed by atoms with Crippen LogP contribution in [0.4, 0.5) is 10.2 Å². The topological polar surface area (TPSA) is 96.2 Å². The second kappa shape index (κ2) is 6.63. The van der Waals surface area contributed by atoms with Crippen LogP contribution in [0, 0.1) is 0 Å². The number of ether oxygens (including phenoxy) is 1. The number of aromatic nitrogens is 4. The van der Waals surface area contributed by atoms with E-state index >= 15 is 0 Å². The fourth-order valence-electron chi connectivity index (χ4n) is 3.83. The molecular weight excluding hydrogens is 389 g/mol. The minimum absolute atomic E-state index is 0.00506. The van der Waals surface area contributed by atoms with E-state index in [9.17, 15) is 14.6 Å². The zero-order chi connectivity index (χ0) is 19.4. The summed E-state index contributed by atoms with van der Waals surface area (Å²) in [5.41, 5.74) is 3.12. The number of imidazole rings is 1. The van der Waals surface area contributed by atoms with E-state index in [1.807, 2.05) is 17.0 Å². The number of hydrogen-bond acceptors (Lipinski definition) is 6. The largest absolute Gasteiger partial charge is 0.387 e. The van der Waals surface area contributed by atoms with Gasteiger partial charge in [-0.1, -0.05) is 24.3 Å². The molecule has 2 aromatic heterocycles. The predicted octanol–water partition coefficient (Wildman–Crippen LogP) is 2.03. The quantitative estimate of drug-likeness (QED) is 0.671. The van der Waals surface area contributed by atoms with E-state index in [0.29, 0.717) is 24.4 Å². The van der Waals surface area contributed by atoms with E-state index in [1.54, 1.807) is 0 Å². The highest BCUT2D eigenvalue weighted by atomic mass is 35.5. The van der Waals surface area contributed by atoms with Crippen molar-refractivity contribution in [3.05, 3.63) is 47.0 Å². The number of aliphatic hydroxyl groups excluding tert-OH is 1. The van der Waals surface area contributed by atoms with Crippen LogP contribution in [-0.2, 0) is 22.9 Å². The van der Waals surface area contributed by atoms with Gasteiger partial charge in [0.25, 0.3) is 0 Å². The molecule has 0 saturated carbocycles. The lowest BCUT2D eigenvalue weighted by molar-refractivity contribution is -0.0593. The third-order valence-electron chi connectivity index (χ3n) is 5.25. The first kappa shape index (κ1) is 17.7. The fraction of sp³-hybridized carbons (Fsp3) is 0.389. The number of anilines is 1. The monoisotopic (exact) mass is 404 g/mol. The van der Waals surface area contributed by atoms with Crippen LogP contribution in [0.5, 0.6) is 0 Å². The number of fused-ring (bicyclic) bond motifs is 2. The number of aliphatic hydroxyl groups is 1. The summed E-state index contributed by atoms with van der Waals surface area (Å²) in [5, 5.41) is 21.0. The molecule has 28 heavy (non-hydrogen) atoms. The van der Waals surface area contributed by atoms with Crippen LogP contribution in [0.15, 0.2) is 30.6 Å². The molecule has 1 saturated heterocycles. The number of halogens is 2. The van der Waals surface area contributed by atoms with Gasteiger partial charge < -0.3 is 14.7 Å². The van der Waals surface area contributed by atoms with Gasteiger partial charge in [0, 0.05) is 13.1 Å². The molecule has 4 atom stereocenters. The summed E-state index contributed by atoms with van der Waals surface area (Å²) in [6.07, 6.45) is -4.22. The summed E-state index contributed by atoms with van der Waals surface area (Å²) >= 11 is 6.15. The molecule has 4 heterocycles. The first-order valence-corrected chi connectivity index (χ1v) is 9.22. The van der Waals surface area contributed by atoms with E-state index in [4.69, 9.17) is 16.3 Å². The maximum Gasteiger partial charge on any atom is 0.226 e. The molecule has 0 bridgehead atoms. The first-order valence-electron chi connectivity index (χ1n) is 8.84. The average Bonchev–Trinajstić information content (AvgIpc) is 3.38. The first-order chi connectivity index (χ1) is 13.6. The van der Waals surface area contributed by atoms with Crippen molar-refractivity contribution in [2.45, 2.75) is 37.7 Å². The van der Waals surface area contributed by atoms with Gasteiger partial charge in [-0.05, 0) is 22.7 Å². The summed E-state index contributed by atoms with van der Waals surface area (Å²) in [7, 11) is 0. The number of hydrogen-bond donors (Lipinski definition) is 1. The van der Waals surface area contributed by atoms with E-state index in [0.717, 1.165) is 0 Å². The van der Waals surface area contributed by atoms with Crippen molar-refractivity contribution >= 4 is 28.6 Å². The van der Waals surface area contributed by atoms with Crippen LogP contribution in [0.3, 0.4) is 0 Å². The van der Waals surface area contributed by atoms with Gasteiger partial charge in [-0.3, -0.25) is 4.57 Å². The molecule has 10 heteroatoms. The maximum absolute atomic E-state index is 14.5. The van der Waals surface area contributed by atoms with Crippen LogP contribution < -0.4 is 4.90 Å². The van der Waals surface area contributed by atoms with Crippen molar-refractivity contribution in [3.63, 3.8) is 0 Å². The van der Waals surface area contributed by atoms with E-state index in [1.165, 1.54) is 22.0 Å². The molecule has 3 aromatic rings. The molecule has 145 valence electrons. The minimum Gasteiger partial charge on any atom is -0.387 e. The Labute approximate surface area is 164 Å². The molecule has 0 aliphatic carbocycles. The summed E-state index contributed by atoms with van der Waals surface area (Å²) < 4.78 is 21.3. The molecule has 5 rings (SSSR count). The Morgan fingerprint density at radius 2 is 1.96 bits per heavy atom. The van der Waals surface area contributed by atoms with Gasteiger partial charge in [-0.15, -0.1) is 0 Å². The van der Waals surface area contributed by atoms with Gasteiger partial charge in [0.1, 0.15) is 18.8 Å². The Balaban J connectivity index is 1.55. The Morgan fingerprint density at radius 1 is 1.25 bits per heavy atom. The number of nitrogens with zero attached hydrogens (tertiary/aromatic N) is 5. The summed E-state index contributed by atoms with van der Waals surface area (Å²) in [4.78, 5) is 14.9. The lowest BCUT2D eigenvalue weighted by atomic mass is 10.1. The molecule has 1 fully saturated rings. The van der Waals surface area contributed by atoms with E-state index in [2.05, 4.69) is 27.1 Å². The van der Waals surface area contributed by atoms with E-state index < -0.39 is 31.2 Å². The highest BCUT2D eigenvalue weighted by molar-refractivity contribution is 6.28. The molecule has 0 amide bonds. The molecule has 1 radical (unpaired) electrons. The SMILES string of the molecule is [O]C[C@H]1O[C@@H](n2cnc3c(N4Cc5ccccc5C4)nc(Cl)nc32)[C@@H](F)[C@@H]1O. The lowest BCUT2D eigenvalue weighted by Gasteiger charge is -2.18. The maximum atomic E-state index is 14.5. The van der Waals surface area contributed by atoms with Gasteiger partial charge in [-0.25, -0.2) is 14.5 Å². The highest BCUT2D eigenvalue weighted by Crippen LogP contribution is 2.36. The molecule has 8 nitrogen and oxygen atoms in total. The zero-order valence-electron chi connectivity index (χ0n) is 14.6. The van der Waals surface area contributed by atoms with Crippen molar-refractivity contribution in [2.75, 3.05) is 11.5 Å². The predicted molar refractivity (Wildman–Crippen MR) is 97.0 cm³/mol. The zero-order valence-corrected chi connectivity index (χ0v) is 15.3. The van der Waals surface area contributed by atoms with Crippen molar-refractivity contribution in [2.24, 2.45) is 0 Å². The van der Waals surface area contributed by atoms with Gasteiger partial charge in [0.2, 0.25) is 5.28 Å². The van der Waals surface area contributed by atoms with Gasteiger partial charge in [0.15, 0.2) is 29.4 Å². The van der Waals surface area contributed by atoms with Crippen LogP contribution >= 0.6 is 11.6 Å². The van der Waals surface area contributed by atoms with Crippen LogP contribution in [0.25, 0.3) is 11.2 Å². The Bertz CT molecular complexity index is 1020. The number of benzene rings is 1. The van der Waals surface area contributed by atoms with Crippen molar-refractivity contribution in [1.82, 2.24) is 19.5 Å². The van der Waals surface area contributed by atoms with E-state index in [-0.39, 0.29) is 10.9 Å². The molecular formula is C18H16ClFN5O3. The van der Waals surface area contributed by atoms with Crippen molar-refractivity contribution < 1.29 is 19.3 Å². The standard InChI is InChI=1S/C18H16ClFN5O3/c19-18-22-15(24-5-9-3-1-2-4-10(9)6-24)13-16(23-18)25(8-21-13)17-12(20)14(27)11(7-26)28-17/h1-4,8,11-12,14,17,27H,5-7H2/t11-,12+,14-,17-/m1/s1. The third kappa shape index (κ3) is 2.66. The fourth-order valence-corrected chi connectivity index (χ4v) is 3.99. The number of alkyl halides is 1. The lowest BCUT2D eigenvalue weighted by Crippen LogP contribution is -2.30. The summed E-state index contributed by atoms with van der Waals surface area (Å²) in [6.45, 7) is 0.556. The normalized spacial score (nSPS) is 26.9. The molecule has 0 spiro atoms. The third-order valence-corrected chi connectivity index (χ3v) is 5.42. The van der Waals surface area contributed by atoms with Crippen LogP contribution in [-0.4, -0.2) is 49.6 Å². The summed E-state index contributed by atoms with van der Waals surface area (Å²) in [6, 6.07) is 8.07. The molecule has 1 aromatic carbocycles. The van der Waals surface area contributed by atoms with Gasteiger partial charge >= 0.3 is 0 Å².